The molecule has 4 heteroatoms. The van der Waals surface area contributed by atoms with Crippen LogP contribution >= 0.6 is 11.3 Å². The van der Waals surface area contributed by atoms with Gasteiger partial charge in [-0.25, -0.2) is 0 Å². The van der Waals surface area contributed by atoms with Gasteiger partial charge in [-0.1, -0.05) is 6.07 Å². The van der Waals surface area contributed by atoms with Crippen LogP contribution in [0.3, 0.4) is 0 Å². The molecular formula is C12H13NO2S. The molecular weight excluding hydrogens is 222 g/mol. The number of amides is 1. The molecule has 1 amide bonds. The van der Waals surface area contributed by atoms with Crippen molar-refractivity contribution in [3.8, 4) is 0 Å². The van der Waals surface area contributed by atoms with E-state index < -0.39 is 0 Å². The zero-order chi connectivity index (χ0) is 11.5. The Morgan fingerprint density at radius 3 is 2.81 bits per heavy atom. The van der Waals surface area contributed by atoms with E-state index in [0.29, 0.717) is 0 Å². The van der Waals surface area contributed by atoms with Crippen molar-refractivity contribution in [2.75, 3.05) is 7.05 Å². The summed E-state index contributed by atoms with van der Waals surface area (Å²) in [6.07, 6.45) is 1.62. The van der Waals surface area contributed by atoms with Crippen molar-refractivity contribution in [1.82, 2.24) is 4.90 Å². The van der Waals surface area contributed by atoms with Gasteiger partial charge in [0.1, 0.15) is 5.76 Å². The molecule has 0 fully saturated rings. The molecule has 0 bridgehead atoms. The molecule has 0 radical (unpaired) electrons. The van der Waals surface area contributed by atoms with Crippen LogP contribution in [0.15, 0.2) is 40.3 Å². The van der Waals surface area contributed by atoms with Gasteiger partial charge in [0.15, 0.2) is 0 Å². The number of thiophene rings is 1. The molecule has 0 saturated heterocycles. The van der Waals surface area contributed by atoms with Gasteiger partial charge in [-0.15, -0.1) is 11.3 Å². The Morgan fingerprint density at radius 2 is 2.25 bits per heavy atom. The molecule has 2 aromatic rings. The van der Waals surface area contributed by atoms with Crippen LogP contribution in [0.4, 0.5) is 0 Å². The molecule has 2 aromatic heterocycles. The maximum absolute atomic E-state index is 12.0. The molecule has 0 N–H and O–H groups in total. The quantitative estimate of drug-likeness (QED) is 0.818. The second-order valence-corrected chi connectivity index (χ2v) is 4.53. The summed E-state index contributed by atoms with van der Waals surface area (Å²) in [6, 6.07) is 7.37. The summed E-state index contributed by atoms with van der Waals surface area (Å²) in [6.45, 7) is 1.95. The number of furan rings is 1. The monoisotopic (exact) mass is 235 g/mol. The lowest BCUT2D eigenvalue weighted by Gasteiger charge is -2.22. The van der Waals surface area contributed by atoms with Crippen LogP contribution in [0.25, 0.3) is 0 Å². The van der Waals surface area contributed by atoms with E-state index in [9.17, 15) is 4.79 Å². The number of carbonyl (C=O) groups excluding carboxylic acids is 1. The normalized spacial score (nSPS) is 12.4. The Bertz CT molecular complexity index is 447. The minimum Gasteiger partial charge on any atom is -0.467 e. The second-order valence-electron chi connectivity index (χ2n) is 3.58. The van der Waals surface area contributed by atoms with Gasteiger partial charge in [0.25, 0.3) is 5.91 Å². The highest BCUT2D eigenvalue weighted by atomic mass is 32.1. The topological polar surface area (TPSA) is 33.5 Å². The average molecular weight is 235 g/mol. The predicted octanol–water partition coefficient (Wildman–Crippen LogP) is 3.17. The van der Waals surface area contributed by atoms with Gasteiger partial charge in [-0.2, -0.15) is 0 Å². The molecule has 0 aromatic carbocycles. The minimum atomic E-state index is -0.0513. The first-order chi connectivity index (χ1) is 7.70. The number of carbonyl (C=O) groups is 1. The van der Waals surface area contributed by atoms with Crippen molar-refractivity contribution in [3.63, 3.8) is 0 Å². The zero-order valence-corrected chi connectivity index (χ0v) is 10.0. The summed E-state index contributed by atoms with van der Waals surface area (Å²) in [5.74, 6) is 0.825. The Balaban J connectivity index is 2.14. The van der Waals surface area contributed by atoms with Crippen LogP contribution in [0.1, 0.15) is 28.4 Å². The van der Waals surface area contributed by atoms with Crippen molar-refractivity contribution in [1.29, 1.82) is 0 Å². The summed E-state index contributed by atoms with van der Waals surface area (Å²) in [4.78, 5) is 14.5. The van der Waals surface area contributed by atoms with Crippen molar-refractivity contribution in [2.24, 2.45) is 0 Å². The smallest absolute Gasteiger partial charge is 0.264 e. The predicted molar refractivity (Wildman–Crippen MR) is 63.5 cm³/mol. The Labute approximate surface area is 98.3 Å². The molecule has 0 aliphatic rings. The zero-order valence-electron chi connectivity index (χ0n) is 9.21. The summed E-state index contributed by atoms with van der Waals surface area (Å²) in [7, 11) is 1.79. The number of nitrogens with zero attached hydrogens (tertiary/aromatic N) is 1. The van der Waals surface area contributed by atoms with Gasteiger partial charge in [0.2, 0.25) is 0 Å². The molecule has 0 saturated carbocycles. The molecule has 0 aliphatic heterocycles. The van der Waals surface area contributed by atoms with Crippen LogP contribution in [0.2, 0.25) is 0 Å². The van der Waals surface area contributed by atoms with Gasteiger partial charge < -0.3 is 9.32 Å². The van der Waals surface area contributed by atoms with Crippen molar-refractivity contribution in [2.45, 2.75) is 13.0 Å². The Hall–Kier alpha value is -1.55. The summed E-state index contributed by atoms with van der Waals surface area (Å²) in [5.41, 5.74) is 0. The lowest BCUT2D eigenvalue weighted by Crippen LogP contribution is -2.28. The Kier molecular flexibility index (Phi) is 3.10. The minimum absolute atomic E-state index is 0.0268. The van der Waals surface area contributed by atoms with E-state index in [4.69, 9.17) is 4.42 Å². The van der Waals surface area contributed by atoms with E-state index in [2.05, 4.69) is 0 Å². The third kappa shape index (κ3) is 2.02. The van der Waals surface area contributed by atoms with Crippen LogP contribution in [-0.4, -0.2) is 17.9 Å². The van der Waals surface area contributed by atoms with Crippen LogP contribution < -0.4 is 0 Å². The first-order valence-corrected chi connectivity index (χ1v) is 5.92. The third-order valence-electron chi connectivity index (χ3n) is 2.59. The van der Waals surface area contributed by atoms with E-state index in [1.54, 1.807) is 18.2 Å². The van der Waals surface area contributed by atoms with Crippen molar-refractivity contribution in [3.05, 3.63) is 46.5 Å². The maximum Gasteiger partial charge on any atom is 0.264 e. The first-order valence-electron chi connectivity index (χ1n) is 5.04. The molecule has 84 valence electrons. The van der Waals surface area contributed by atoms with E-state index >= 15 is 0 Å². The van der Waals surface area contributed by atoms with Gasteiger partial charge >= 0.3 is 0 Å². The molecule has 3 nitrogen and oxygen atoms in total. The SMILES string of the molecule is CC(c1ccco1)N(C)C(=O)c1cccs1. The number of rotatable bonds is 3. The van der Waals surface area contributed by atoms with Gasteiger partial charge in [-0.3, -0.25) is 4.79 Å². The highest BCUT2D eigenvalue weighted by Gasteiger charge is 2.20. The standard InChI is InChI=1S/C12H13NO2S/c1-9(10-5-3-7-15-10)13(2)12(14)11-6-4-8-16-11/h3-9H,1-2H3. The molecule has 2 rings (SSSR count). The summed E-state index contributed by atoms with van der Waals surface area (Å²) < 4.78 is 5.29. The molecule has 0 aliphatic carbocycles. The van der Waals surface area contributed by atoms with E-state index in [1.807, 2.05) is 36.6 Å². The van der Waals surface area contributed by atoms with E-state index in [0.717, 1.165) is 10.6 Å². The molecule has 16 heavy (non-hydrogen) atoms. The molecule has 1 atom stereocenters. The number of hydrogen-bond acceptors (Lipinski definition) is 3. The number of hydrogen-bond donors (Lipinski definition) is 0. The highest BCUT2D eigenvalue weighted by molar-refractivity contribution is 7.12. The van der Waals surface area contributed by atoms with Gasteiger partial charge in [-0.05, 0) is 30.5 Å². The fraction of sp³-hybridized carbons (Fsp3) is 0.250. The summed E-state index contributed by atoms with van der Waals surface area (Å²) in [5, 5.41) is 1.90. The lowest BCUT2D eigenvalue weighted by molar-refractivity contribution is 0.0731. The van der Waals surface area contributed by atoms with Crippen LogP contribution in [-0.2, 0) is 0 Å². The van der Waals surface area contributed by atoms with Crippen LogP contribution in [0, 0.1) is 0 Å². The average Bonchev–Trinajstić information content (AvgIpc) is 2.97. The van der Waals surface area contributed by atoms with Crippen molar-refractivity contribution >= 4 is 17.2 Å². The highest BCUT2D eigenvalue weighted by Crippen LogP contribution is 2.22. The molecule has 1 unspecified atom stereocenters. The van der Waals surface area contributed by atoms with Crippen LogP contribution in [0.5, 0.6) is 0 Å². The summed E-state index contributed by atoms with van der Waals surface area (Å²) >= 11 is 1.45. The molecule has 0 spiro atoms. The fourth-order valence-electron chi connectivity index (χ4n) is 1.47. The van der Waals surface area contributed by atoms with E-state index in [-0.39, 0.29) is 11.9 Å². The lowest BCUT2D eigenvalue weighted by atomic mass is 10.2. The molecule has 2 heterocycles. The van der Waals surface area contributed by atoms with Gasteiger partial charge in [0.05, 0.1) is 17.2 Å². The largest absolute Gasteiger partial charge is 0.467 e. The second kappa shape index (κ2) is 4.53. The van der Waals surface area contributed by atoms with Crippen molar-refractivity contribution < 1.29 is 9.21 Å². The maximum atomic E-state index is 12.0. The van der Waals surface area contributed by atoms with E-state index in [1.165, 1.54) is 11.3 Å². The fourth-order valence-corrected chi connectivity index (χ4v) is 2.18. The Morgan fingerprint density at radius 1 is 1.44 bits per heavy atom. The first kappa shape index (κ1) is 11.0. The third-order valence-corrected chi connectivity index (χ3v) is 3.45. The van der Waals surface area contributed by atoms with Gasteiger partial charge in [0, 0.05) is 7.05 Å².